The van der Waals surface area contributed by atoms with E-state index in [0.717, 1.165) is 22.7 Å². The number of rotatable bonds is 6. The minimum atomic E-state index is -0.298. The first-order valence-corrected chi connectivity index (χ1v) is 10.5. The van der Waals surface area contributed by atoms with Crippen molar-refractivity contribution in [2.24, 2.45) is 0 Å². The highest BCUT2D eigenvalue weighted by atomic mass is 16.5. The van der Waals surface area contributed by atoms with Crippen LogP contribution < -0.4 is 14.9 Å². The van der Waals surface area contributed by atoms with Crippen LogP contribution in [0, 0.1) is 11.3 Å². The summed E-state index contributed by atoms with van der Waals surface area (Å²) in [4.78, 5) is 16.7. The summed E-state index contributed by atoms with van der Waals surface area (Å²) < 4.78 is 17.1. The minimum absolute atomic E-state index is 0.0605. The van der Waals surface area contributed by atoms with Crippen LogP contribution in [0.5, 0.6) is 17.2 Å². The fourth-order valence-electron chi connectivity index (χ4n) is 3.55. The molecule has 5 rings (SSSR count). The number of para-hydroxylation sites is 1. The molecule has 0 spiro atoms. The van der Waals surface area contributed by atoms with Gasteiger partial charge < -0.3 is 19.0 Å². The maximum absolute atomic E-state index is 12.1. The van der Waals surface area contributed by atoms with Crippen molar-refractivity contribution in [3.63, 3.8) is 0 Å². The van der Waals surface area contributed by atoms with Gasteiger partial charge in [0, 0.05) is 23.1 Å². The number of aromatic nitrogens is 1. The summed E-state index contributed by atoms with van der Waals surface area (Å²) in [5.41, 5.74) is 2.17. The lowest BCUT2D eigenvalue weighted by atomic mass is 10.2. The van der Waals surface area contributed by atoms with Crippen LogP contribution in [0.1, 0.15) is 17.0 Å². The van der Waals surface area contributed by atoms with E-state index in [2.05, 4.69) is 4.98 Å². The number of fused-ring (bicyclic) bond motifs is 2. The van der Waals surface area contributed by atoms with Crippen LogP contribution in [0.3, 0.4) is 0 Å². The van der Waals surface area contributed by atoms with Crippen molar-refractivity contribution in [3.8, 4) is 23.3 Å². The van der Waals surface area contributed by atoms with Gasteiger partial charge in [-0.25, -0.2) is 4.98 Å². The lowest BCUT2D eigenvalue weighted by molar-refractivity contribution is 0.288. The number of benzene rings is 3. The van der Waals surface area contributed by atoms with Gasteiger partial charge in [0.2, 0.25) is 5.76 Å². The predicted octanol–water partition coefficient (Wildman–Crippen LogP) is 5.08. The molecule has 0 unspecified atom stereocenters. The fraction of sp³-hybridized carbons (Fsp3) is 0.0741. The van der Waals surface area contributed by atoms with E-state index in [1.54, 1.807) is 36.4 Å². The molecule has 0 saturated carbocycles. The van der Waals surface area contributed by atoms with E-state index in [-0.39, 0.29) is 35.7 Å². The molecule has 5 aromatic rings. The largest absolute Gasteiger partial charge is 0.508 e. The van der Waals surface area contributed by atoms with Gasteiger partial charge in [-0.15, -0.1) is 0 Å². The topological polar surface area (TPSA) is 106 Å². The Bertz CT molecular complexity index is 1620. The van der Waals surface area contributed by atoms with E-state index in [1.807, 2.05) is 42.5 Å². The number of nitrogens with zero attached hydrogens (tertiary/aromatic N) is 2. The molecule has 3 aromatic carbocycles. The van der Waals surface area contributed by atoms with E-state index in [1.165, 1.54) is 0 Å². The standard InChI is InChI=1S/C27H18N2O5/c28-14-22-12-26(31)23-9-7-21(13-27(23)34-22)32-15-18-11-20(8-10-25(18)30)33-16-19-6-5-17-3-1-2-4-24(17)29-19/h1-13,30H,15-16H2. The van der Waals surface area contributed by atoms with Crippen LogP contribution in [0.25, 0.3) is 21.9 Å². The maximum Gasteiger partial charge on any atom is 0.207 e. The quantitative estimate of drug-likeness (QED) is 0.385. The molecule has 0 fully saturated rings. The highest BCUT2D eigenvalue weighted by Gasteiger charge is 2.09. The maximum atomic E-state index is 12.1. The van der Waals surface area contributed by atoms with Crippen LogP contribution in [-0.2, 0) is 13.2 Å². The van der Waals surface area contributed by atoms with E-state index in [9.17, 15) is 9.90 Å². The van der Waals surface area contributed by atoms with Crippen LogP contribution >= 0.6 is 0 Å². The highest BCUT2D eigenvalue weighted by Crippen LogP contribution is 2.26. The van der Waals surface area contributed by atoms with E-state index in [4.69, 9.17) is 19.2 Å². The van der Waals surface area contributed by atoms with Gasteiger partial charge >= 0.3 is 0 Å². The number of hydrogen-bond donors (Lipinski definition) is 1. The molecule has 0 aliphatic rings. The number of hydrogen-bond acceptors (Lipinski definition) is 7. The Morgan fingerprint density at radius 3 is 2.59 bits per heavy atom. The predicted molar refractivity (Wildman–Crippen MR) is 126 cm³/mol. The van der Waals surface area contributed by atoms with Crippen LogP contribution in [0.2, 0.25) is 0 Å². The molecule has 0 saturated heterocycles. The first-order valence-electron chi connectivity index (χ1n) is 10.5. The van der Waals surface area contributed by atoms with Gasteiger partial charge in [-0.05, 0) is 42.5 Å². The Morgan fingerprint density at radius 1 is 0.912 bits per heavy atom. The number of phenolic OH excluding ortho intramolecular Hbond substituents is 1. The molecule has 0 aliphatic carbocycles. The third kappa shape index (κ3) is 4.38. The highest BCUT2D eigenvalue weighted by molar-refractivity contribution is 5.79. The third-order valence-corrected chi connectivity index (χ3v) is 5.30. The summed E-state index contributed by atoms with van der Waals surface area (Å²) in [7, 11) is 0. The average molecular weight is 450 g/mol. The Labute approximate surface area is 194 Å². The second-order valence-corrected chi connectivity index (χ2v) is 7.61. The van der Waals surface area contributed by atoms with E-state index in [0.29, 0.717) is 22.4 Å². The number of aromatic hydroxyl groups is 1. The first kappa shape index (κ1) is 21.0. The second kappa shape index (κ2) is 8.96. The van der Waals surface area contributed by atoms with Crippen molar-refractivity contribution in [1.29, 1.82) is 5.26 Å². The molecule has 166 valence electrons. The van der Waals surface area contributed by atoms with Crippen molar-refractivity contribution in [3.05, 3.63) is 106 Å². The number of phenols is 1. The van der Waals surface area contributed by atoms with E-state index >= 15 is 0 Å². The Balaban J connectivity index is 1.30. The lowest BCUT2D eigenvalue weighted by Gasteiger charge is -2.11. The van der Waals surface area contributed by atoms with Gasteiger partial charge in [0.15, 0.2) is 5.43 Å². The molecule has 0 radical (unpaired) electrons. The van der Waals surface area contributed by atoms with Crippen molar-refractivity contribution in [2.45, 2.75) is 13.2 Å². The summed E-state index contributed by atoms with van der Waals surface area (Å²) in [5, 5.41) is 20.7. The Morgan fingerprint density at radius 2 is 1.71 bits per heavy atom. The summed E-state index contributed by atoms with van der Waals surface area (Å²) in [5.74, 6) is 0.986. The first-order chi connectivity index (χ1) is 16.6. The van der Waals surface area contributed by atoms with Gasteiger partial charge in [-0.1, -0.05) is 24.3 Å². The smallest absolute Gasteiger partial charge is 0.207 e. The SMILES string of the molecule is N#Cc1cc(=O)c2ccc(OCc3cc(OCc4ccc5ccccc5n4)ccc3O)cc2o1. The van der Waals surface area contributed by atoms with Crippen molar-refractivity contribution in [1.82, 2.24) is 4.98 Å². The Kier molecular flexibility index (Phi) is 5.55. The number of nitriles is 1. The summed E-state index contributed by atoms with van der Waals surface area (Å²) >= 11 is 0. The lowest BCUT2D eigenvalue weighted by Crippen LogP contribution is -2.02. The summed E-state index contributed by atoms with van der Waals surface area (Å²) in [6, 6.07) is 24.4. The minimum Gasteiger partial charge on any atom is -0.508 e. The summed E-state index contributed by atoms with van der Waals surface area (Å²) in [6.45, 7) is 0.339. The molecule has 0 atom stereocenters. The second-order valence-electron chi connectivity index (χ2n) is 7.61. The molecule has 2 aromatic heterocycles. The van der Waals surface area contributed by atoms with Crippen LogP contribution in [0.4, 0.5) is 0 Å². The zero-order valence-electron chi connectivity index (χ0n) is 17.9. The van der Waals surface area contributed by atoms with Gasteiger partial charge in [0.05, 0.1) is 16.6 Å². The zero-order valence-corrected chi connectivity index (χ0v) is 17.9. The molecular formula is C27H18N2O5. The molecule has 2 heterocycles. The molecule has 34 heavy (non-hydrogen) atoms. The molecule has 7 nitrogen and oxygen atoms in total. The fourth-order valence-corrected chi connectivity index (χ4v) is 3.55. The Hall–Kier alpha value is -4.83. The molecule has 7 heteroatoms. The number of ether oxygens (including phenoxy) is 2. The molecular weight excluding hydrogens is 432 g/mol. The van der Waals surface area contributed by atoms with Gasteiger partial charge in [0.25, 0.3) is 0 Å². The van der Waals surface area contributed by atoms with Crippen LogP contribution in [0.15, 0.2) is 88.1 Å². The zero-order chi connectivity index (χ0) is 23.5. The van der Waals surface area contributed by atoms with Crippen molar-refractivity contribution >= 4 is 21.9 Å². The number of pyridine rings is 1. The van der Waals surface area contributed by atoms with Crippen molar-refractivity contribution < 1.29 is 19.0 Å². The van der Waals surface area contributed by atoms with Gasteiger partial charge in [-0.2, -0.15) is 5.26 Å². The molecule has 0 amide bonds. The molecule has 0 aliphatic heterocycles. The molecule has 1 N–H and O–H groups in total. The normalized spacial score (nSPS) is 10.8. The van der Waals surface area contributed by atoms with Crippen LogP contribution in [-0.4, -0.2) is 10.1 Å². The summed E-state index contributed by atoms with van der Waals surface area (Å²) in [6.07, 6.45) is 0. The van der Waals surface area contributed by atoms with E-state index < -0.39 is 0 Å². The third-order valence-electron chi connectivity index (χ3n) is 5.30. The van der Waals surface area contributed by atoms with Gasteiger partial charge in [0.1, 0.15) is 42.1 Å². The average Bonchev–Trinajstić information content (AvgIpc) is 2.87. The van der Waals surface area contributed by atoms with Gasteiger partial charge in [-0.3, -0.25) is 4.79 Å². The van der Waals surface area contributed by atoms with Crippen molar-refractivity contribution in [2.75, 3.05) is 0 Å². The molecule has 0 bridgehead atoms. The monoisotopic (exact) mass is 450 g/mol.